The van der Waals surface area contributed by atoms with E-state index in [2.05, 4.69) is 10.2 Å². The molecule has 0 unspecified atom stereocenters. The Hall–Kier alpha value is -2.69. The molecule has 2 aromatic rings. The number of anilines is 1. The fraction of sp³-hybridized carbons (Fsp3) is 0.133. The van der Waals surface area contributed by atoms with Crippen molar-refractivity contribution in [1.29, 1.82) is 0 Å². The summed E-state index contributed by atoms with van der Waals surface area (Å²) in [5, 5.41) is 17.0. The van der Waals surface area contributed by atoms with Crippen LogP contribution in [0, 0.1) is 0 Å². The van der Waals surface area contributed by atoms with Crippen LogP contribution < -0.4 is 4.90 Å². The van der Waals surface area contributed by atoms with E-state index < -0.39 is 5.97 Å². The van der Waals surface area contributed by atoms with Gasteiger partial charge in [0.2, 0.25) is 0 Å². The first kappa shape index (κ1) is 13.7. The van der Waals surface area contributed by atoms with Gasteiger partial charge in [0.1, 0.15) is 0 Å². The summed E-state index contributed by atoms with van der Waals surface area (Å²) in [5.41, 5.74) is 2.64. The number of carboxylic acid groups (broad SMARTS) is 1. The first-order valence-corrected chi connectivity index (χ1v) is 6.09. The zero-order chi connectivity index (χ0) is 14.5. The van der Waals surface area contributed by atoms with Crippen LogP contribution in [0.5, 0.6) is 0 Å². The van der Waals surface area contributed by atoms with Crippen molar-refractivity contribution in [2.24, 2.45) is 10.2 Å². The lowest BCUT2D eigenvalue weighted by atomic mass is 10.2. The Morgan fingerprint density at radius 2 is 1.65 bits per heavy atom. The van der Waals surface area contributed by atoms with E-state index >= 15 is 0 Å². The van der Waals surface area contributed by atoms with Crippen LogP contribution in [0.1, 0.15) is 10.4 Å². The van der Waals surface area contributed by atoms with E-state index in [4.69, 9.17) is 5.11 Å². The second-order valence-corrected chi connectivity index (χ2v) is 4.47. The van der Waals surface area contributed by atoms with Crippen LogP contribution in [-0.4, -0.2) is 25.2 Å². The lowest BCUT2D eigenvalue weighted by molar-refractivity contribution is 0.0697. The molecule has 0 atom stereocenters. The van der Waals surface area contributed by atoms with Crippen LogP contribution in [0.25, 0.3) is 0 Å². The van der Waals surface area contributed by atoms with E-state index in [-0.39, 0.29) is 5.56 Å². The molecule has 102 valence electrons. The lowest BCUT2D eigenvalue weighted by Gasteiger charge is -2.11. The third-order valence-electron chi connectivity index (χ3n) is 2.74. The second-order valence-electron chi connectivity index (χ2n) is 4.47. The molecular formula is C15H15N3O2. The summed E-state index contributed by atoms with van der Waals surface area (Å²) in [6.07, 6.45) is 0. The number of hydrogen-bond donors (Lipinski definition) is 1. The number of nitrogens with zero attached hydrogens (tertiary/aromatic N) is 3. The summed E-state index contributed by atoms with van der Waals surface area (Å²) in [6.45, 7) is 0. The summed E-state index contributed by atoms with van der Waals surface area (Å²) >= 11 is 0. The summed E-state index contributed by atoms with van der Waals surface area (Å²) in [5.74, 6) is -0.952. The molecule has 2 rings (SSSR count). The average Bonchev–Trinajstić information content (AvgIpc) is 2.46. The van der Waals surface area contributed by atoms with Gasteiger partial charge in [0.25, 0.3) is 0 Å². The quantitative estimate of drug-likeness (QED) is 0.857. The Morgan fingerprint density at radius 3 is 2.25 bits per heavy atom. The number of carboxylic acids is 1. The van der Waals surface area contributed by atoms with E-state index in [0.717, 1.165) is 11.4 Å². The predicted molar refractivity (Wildman–Crippen MR) is 78.3 cm³/mol. The highest BCUT2D eigenvalue weighted by atomic mass is 16.4. The van der Waals surface area contributed by atoms with Gasteiger partial charge in [0.15, 0.2) is 0 Å². The third-order valence-corrected chi connectivity index (χ3v) is 2.74. The molecule has 0 saturated carbocycles. The maximum absolute atomic E-state index is 10.7. The first-order valence-electron chi connectivity index (χ1n) is 6.09. The van der Waals surface area contributed by atoms with E-state index in [9.17, 15) is 4.79 Å². The molecule has 20 heavy (non-hydrogen) atoms. The predicted octanol–water partition coefficient (Wildman–Crippen LogP) is 3.87. The molecule has 0 fully saturated rings. The fourth-order valence-electron chi connectivity index (χ4n) is 1.62. The van der Waals surface area contributed by atoms with Gasteiger partial charge in [-0.1, -0.05) is 6.07 Å². The van der Waals surface area contributed by atoms with Crippen molar-refractivity contribution < 1.29 is 9.90 Å². The Morgan fingerprint density at radius 1 is 1.00 bits per heavy atom. The Kier molecular flexibility index (Phi) is 4.10. The van der Waals surface area contributed by atoms with E-state index in [1.165, 1.54) is 12.1 Å². The van der Waals surface area contributed by atoms with Crippen molar-refractivity contribution >= 4 is 23.0 Å². The number of benzene rings is 2. The Labute approximate surface area is 117 Å². The van der Waals surface area contributed by atoms with Gasteiger partial charge in [-0.25, -0.2) is 4.79 Å². The molecule has 0 aliphatic rings. The smallest absolute Gasteiger partial charge is 0.335 e. The minimum atomic E-state index is -0.952. The average molecular weight is 269 g/mol. The highest BCUT2D eigenvalue weighted by Gasteiger charge is 2.01. The molecule has 2 aromatic carbocycles. The number of rotatable bonds is 4. The van der Waals surface area contributed by atoms with Crippen LogP contribution in [0.3, 0.4) is 0 Å². The van der Waals surface area contributed by atoms with Crippen LogP contribution in [0.2, 0.25) is 0 Å². The van der Waals surface area contributed by atoms with Gasteiger partial charge in [-0.3, -0.25) is 0 Å². The minimum absolute atomic E-state index is 0.235. The standard InChI is InChI=1S/C15H15N3O2/c1-18(2)14-5-3-4-13(10-14)17-16-12-8-6-11(7-9-12)15(19)20/h3-10H,1-2H3,(H,19,20). The number of aromatic carboxylic acids is 1. The summed E-state index contributed by atoms with van der Waals surface area (Å²) < 4.78 is 0. The molecule has 0 aromatic heterocycles. The minimum Gasteiger partial charge on any atom is -0.478 e. The van der Waals surface area contributed by atoms with Gasteiger partial charge in [-0.15, -0.1) is 0 Å². The maximum atomic E-state index is 10.7. The highest BCUT2D eigenvalue weighted by molar-refractivity contribution is 5.87. The number of azo groups is 1. The third kappa shape index (κ3) is 3.41. The van der Waals surface area contributed by atoms with Gasteiger partial charge < -0.3 is 10.0 Å². The molecule has 0 saturated heterocycles. The highest BCUT2D eigenvalue weighted by Crippen LogP contribution is 2.22. The van der Waals surface area contributed by atoms with E-state index in [0.29, 0.717) is 5.69 Å². The molecule has 0 aliphatic heterocycles. The van der Waals surface area contributed by atoms with Gasteiger partial charge in [-0.2, -0.15) is 10.2 Å². The van der Waals surface area contributed by atoms with Crippen LogP contribution >= 0.6 is 0 Å². The molecule has 0 aliphatic carbocycles. The zero-order valence-electron chi connectivity index (χ0n) is 11.3. The molecule has 0 bridgehead atoms. The van der Waals surface area contributed by atoms with E-state index in [1.54, 1.807) is 12.1 Å². The van der Waals surface area contributed by atoms with Crippen molar-refractivity contribution in [3.05, 3.63) is 54.1 Å². The molecule has 0 heterocycles. The Bertz CT molecular complexity index is 634. The van der Waals surface area contributed by atoms with Crippen LogP contribution in [-0.2, 0) is 0 Å². The number of hydrogen-bond acceptors (Lipinski definition) is 4. The summed E-state index contributed by atoms with van der Waals surface area (Å²) in [6, 6.07) is 14.0. The van der Waals surface area contributed by atoms with E-state index in [1.807, 2.05) is 43.3 Å². The lowest BCUT2D eigenvalue weighted by Crippen LogP contribution is -2.07. The van der Waals surface area contributed by atoms with Crippen molar-refractivity contribution in [3.8, 4) is 0 Å². The molecule has 1 N–H and O–H groups in total. The zero-order valence-corrected chi connectivity index (χ0v) is 11.3. The molecule has 0 radical (unpaired) electrons. The number of carbonyl (C=O) groups is 1. The Balaban J connectivity index is 2.16. The topological polar surface area (TPSA) is 65.3 Å². The van der Waals surface area contributed by atoms with Gasteiger partial charge >= 0.3 is 5.97 Å². The fourth-order valence-corrected chi connectivity index (χ4v) is 1.62. The monoisotopic (exact) mass is 269 g/mol. The normalized spacial score (nSPS) is 10.7. The largest absolute Gasteiger partial charge is 0.478 e. The maximum Gasteiger partial charge on any atom is 0.335 e. The summed E-state index contributed by atoms with van der Waals surface area (Å²) in [4.78, 5) is 12.7. The van der Waals surface area contributed by atoms with Gasteiger partial charge in [0, 0.05) is 19.8 Å². The van der Waals surface area contributed by atoms with Crippen LogP contribution in [0.4, 0.5) is 17.1 Å². The first-order chi connectivity index (χ1) is 9.56. The molecule has 0 spiro atoms. The summed E-state index contributed by atoms with van der Waals surface area (Å²) in [7, 11) is 3.92. The van der Waals surface area contributed by atoms with Crippen molar-refractivity contribution in [1.82, 2.24) is 0 Å². The van der Waals surface area contributed by atoms with Gasteiger partial charge in [0.05, 0.1) is 16.9 Å². The molecule has 0 amide bonds. The van der Waals surface area contributed by atoms with Gasteiger partial charge in [-0.05, 0) is 42.5 Å². The second kappa shape index (κ2) is 5.97. The molecule has 5 nitrogen and oxygen atoms in total. The molecular weight excluding hydrogens is 254 g/mol. The van der Waals surface area contributed by atoms with Crippen molar-refractivity contribution in [2.45, 2.75) is 0 Å². The van der Waals surface area contributed by atoms with Crippen molar-refractivity contribution in [3.63, 3.8) is 0 Å². The molecule has 5 heteroatoms. The van der Waals surface area contributed by atoms with Crippen molar-refractivity contribution in [2.75, 3.05) is 19.0 Å². The van der Waals surface area contributed by atoms with Crippen LogP contribution in [0.15, 0.2) is 58.8 Å². The SMILES string of the molecule is CN(C)c1cccc(N=Nc2ccc(C(=O)O)cc2)c1.